The summed E-state index contributed by atoms with van der Waals surface area (Å²) in [5.41, 5.74) is 0. The van der Waals surface area contributed by atoms with Crippen molar-refractivity contribution in [1.29, 1.82) is 0 Å². The molecule has 0 aliphatic carbocycles. The van der Waals surface area contributed by atoms with Crippen LogP contribution < -0.4 is 5.32 Å². The molecule has 0 bridgehead atoms. The lowest BCUT2D eigenvalue weighted by Crippen LogP contribution is -2.33. The summed E-state index contributed by atoms with van der Waals surface area (Å²) in [6.45, 7) is 3.81. The molecular formula is C13H26N2S. The number of piperidine rings is 1. The van der Waals surface area contributed by atoms with Crippen LogP contribution in [0.5, 0.6) is 0 Å². The van der Waals surface area contributed by atoms with E-state index in [1.165, 1.54) is 63.2 Å². The minimum Gasteiger partial charge on any atom is -0.317 e. The molecule has 2 rings (SSSR count). The van der Waals surface area contributed by atoms with Crippen LogP contribution in [0.2, 0.25) is 0 Å². The molecule has 0 aromatic heterocycles. The molecule has 2 heterocycles. The van der Waals surface area contributed by atoms with Gasteiger partial charge in [0.05, 0.1) is 0 Å². The Morgan fingerprint density at radius 1 is 1.25 bits per heavy atom. The molecule has 1 unspecified atom stereocenters. The maximum absolute atomic E-state index is 3.45. The highest BCUT2D eigenvalue weighted by atomic mass is 32.2. The largest absolute Gasteiger partial charge is 0.317 e. The number of hydrogen-bond donors (Lipinski definition) is 1. The first-order valence-electron chi connectivity index (χ1n) is 6.85. The topological polar surface area (TPSA) is 15.3 Å². The molecule has 16 heavy (non-hydrogen) atoms. The van der Waals surface area contributed by atoms with Crippen LogP contribution in [0.1, 0.15) is 32.1 Å². The number of rotatable bonds is 5. The molecule has 0 radical (unpaired) electrons. The molecule has 0 amide bonds. The van der Waals surface area contributed by atoms with Gasteiger partial charge in [0, 0.05) is 11.8 Å². The first-order chi connectivity index (χ1) is 7.86. The van der Waals surface area contributed by atoms with E-state index in [0.717, 1.165) is 12.0 Å². The minimum atomic E-state index is 0.873. The van der Waals surface area contributed by atoms with Crippen molar-refractivity contribution in [3.8, 4) is 0 Å². The Balaban J connectivity index is 1.56. The first kappa shape index (κ1) is 12.7. The molecule has 2 nitrogen and oxygen atoms in total. The fourth-order valence-corrected chi connectivity index (χ4v) is 4.15. The third-order valence-corrected chi connectivity index (χ3v) is 5.26. The zero-order valence-electron chi connectivity index (χ0n) is 10.6. The molecule has 2 aliphatic rings. The Kier molecular flexibility index (Phi) is 5.46. The van der Waals surface area contributed by atoms with Crippen molar-refractivity contribution >= 4 is 11.8 Å². The maximum atomic E-state index is 3.45. The average molecular weight is 242 g/mol. The lowest BCUT2D eigenvalue weighted by atomic mass is 9.93. The molecule has 3 heteroatoms. The predicted molar refractivity (Wildman–Crippen MR) is 73.2 cm³/mol. The molecule has 2 aliphatic heterocycles. The number of nitrogens with one attached hydrogen (secondary N) is 1. The van der Waals surface area contributed by atoms with Gasteiger partial charge in [0.15, 0.2) is 0 Å². The van der Waals surface area contributed by atoms with E-state index in [9.17, 15) is 0 Å². The lowest BCUT2D eigenvalue weighted by Gasteiger charge is -2.26. The third-order valence-electron chi connectivity index (χ3n) is 4.11. The summed E-state index contributed by atoms with van der Waals surface area (Å²) in [7, 11) is 2.32. The second-order valence-corrected chi connectivity index (χ2v) is 6.48. The van der Waals surface area contributed by atoms with E-state index in [1.54, 1.807) is 0 Å². The fourth-order valence-electron chi connectivity index (χ4n) is 2.85. The van der Waals surface area contributed by atoms with Gasteiger partial charge in [-0.15, -0.1) is 0 Å². The Labute approximate surface area is 105 Å². The molecule has 0 saturated carbocycles. The Bertz CT molecular complexity index is 186. The zero-order valence-corrected chi connectivity index (χ0v) is 11.4. The molecule has 2 saturated heterocycles. The normalized spacial score (nSPS) is 27.8. The van der Waals surface area contributed by atoms with Crippen molar-refractivity contribution in [1.82, 2.24) is 10.2 Å². The van der Waals surface area contributed by atoms with Crippen LogP contribution in [-0.2, 0) is 0 Å². The van der Waals surface area contributed by atoms with Crippen LogP contribution in [0.4, 0.5) is 0 Å². The Morgan fingerprint density at radius 3 is 2.75 bits per heavy atom. The van der Waals surface area contributed by atoms with Crippen molar-refractivity contribution in [2.75, 3.05) is 38.2 Å². The quantitative estimate of drug-likeness (QED) is 0.796. The van der Waals surface area contributed by atoms with Gasteiger partial charge in [-0.3, -0.25) is 0 Å². The number of thioether (sulfide) groups is 1. The maximum Gasteiger partial charge on any atom is 0.0191 e. The molecular weight excluding hydrogens is 216 g/mol. The Morgan fingerprint density at radius 2 is 2.06 bits per heavy atom. The summed E-state index contributed by atoms with van der Waals surface area (Å²) < 4.78 is 0. The fraction of sp³-hybridized carbons (Fsp3) is 1.00. The van der Waals surface area contributed by atoms with Gasteiger partial charge in [-0.25, -0.2) is 0 Å². The zero-order chi connectivity index (χ0) is 11.2. The summed E-state index contributed by atoms with van der Waals surface area (Å²) in [5.74, 6) is 3.75. The van der Waals surface area contributed by atoms with Gasteiger partial charge >= 0.3 is 0 Å². The van der Waals surface area contributed by atoms with E-state index in [4.69, 9.17) is 0 Å². The number of nitrogens with zero attached hydrogens (tertiary/aromatic N) is 1. The van der Waals surface area contributed by atoms with E-state index in [-0.39, 0.29) is 0 Å². The van der Waals surface area contributed by atoms with Crippen LogP contribution in [0.3, 0.4) is 0 Å². The highest BCUT2D eigenvalue weighted by Crippen LogP contribution is 2.22. The predicted octanol–water partition coefficient (Wildman–Crippen LogP) is 2.20. The molecule has 0 spiro atoms. The van der Waals surface area contributed by atoms with Crippen molar-refractivity contribution in [2.24, 2.45) is 5.92 Å². The SMILES string of the molecule is CN(CCCC1CCNCC1)C1CCSC1. The van der Waals surface area contributed by atoms with Crippen molar-refractivity contribution in [3.63, 3.8) is 0 Å². The van der Waals surface area contributed by atoms with Crippen molar-refractivity contribution < 1.29 is 0 Å². The second-order valence-electron chi connectivity index (χ2n) is 5.33. The molecule has 2 fully saturated rings. The lowest BCUT2D eigenvalue weighted by molar-refractivity contribution is 0.243. The van der Waals surface area contributed by atoms with E-state index < -0.39 is 0 Å². The van der Waals surface area contributed by atoms with Gasteiger partial charge in [-0.05, 0) is 70.5 Å². The van der Waals surface area contributed by atoms with Crippen LogP contribution in [0.15, 0.2) is 0 Å². The molecule has 1 N–H and O–H groups in total. The number of hydrogen-bond acceptors (Lipinski definition) is 3. The van der Waals surface area contributed by atoms with Crippen LogP contribution in [0.25, 0.3) is 0 Å². The van der Waals surface area contributed by atoms with Gasteiger partial charge < -0.3 is 10.2 Å². The highest BCUT2D eigenvalue weighted by molar-refractivity contribution is 7.99. The van der Waals surface area contributed by atoms with Crippen molar-refractivity contribution in [2.45, 2.75) is 38.1 Å². The summed E-state index contributed by atoms with van der Waals surface area (Å²) in [4.78, 5) is 2.60. The second kappa shape index (κ2) is 6.87. The van der Waals surface area contributed by atoms with Gasteiger partial charge in [0.2, 0.25) is 0 Å². The third kappa shape index (κ3) is 3.94. The first-order valence-corrected chi connectivity index (χ1v) is 8.00. The Hall–Kier alpha value is 0.270. The molecule has 0 aromatic carbocycles. The summed E-state index contributed by atoms with van der Waals surface area (Å²) in [6, 6.07) is 0.873. The summed E-state index contributed by atoms with van der Waals surface area (Å²) in [6.07, 6.45) is 7.08. The standard InChI is InChI=1S/C13H26N2S/c1-15(13-6-10-16-11-13)9-2-3-12-4-7-14-8-5-12/h12-14H,2-11H2,1H3. The average Bonchev–Trinajstić information content (AvgIpc) is 2.84. The molecule has 0 aromatic rings. The van der Waals surface area contributed by atoms with Crippen LogP contribution in [0, 0.1) is 5.92 Å². The van der Waals surface area contributed by atoms with Gasteiger partial charge in [-0.2, -0.15) is 11.8 Å². The van der Waals surface area contributed by atoms with Crippen molar-refractivity contribution in [3.05, 3.63) is 0 Å². The molecule has 94 valence electrons. The summed E-state index contributed by atoms with van der Waals surface area (Å²) >= 11 is 2.12. The van der Waals surface area contributed by atoms with E-state index in [0.29, 0.717) is 0 Å². The van der Waals surface area contributed by atoms with Crippen LogP contribution >= 0.6 is 11.8 Å². The summed E-state index contributed by atoms with van der Waals surface area (Å²) in [5, 5.41) is 3.45. The monoisotopic (exact) mass is 242 g/mol. The highest BCUT2D eigenvalue weighted by Gasteiger charge is 2.20. The van der Waals surface area contributed by atoms with Crippen LogP contribution in [-0.4, -0.2) is 49.1 Å². The van der Waals surface area contributed by atoms with Gasteiger partial charge in [0.25, 0.3) is 0 Å². The smallest absolute Gasteiger partial charge is 0.0191 e. The van der Waals surface area contributed by atoms with E-state index >= 15 is 0 Å². The van der Waals surface area contributed by atoms with Gasteiger partial charge in [-0.1, -0.05) is 0 Å². The molecule has 1 atom stereocenters. The van der Waals surface area contributed by atoms with Gasteiger partial charge in [0.1, 0.15) is 0 Å². The minimum absolute atomic E-state index is 0.873. The van der Waals surface area contributed by atoms with E-state index in [2.05, 4.69) is 29.0 Å². The van der Waals surface area contributed by atoms with E-state index in [1.807, 2.05) is 0 Å².